The molecule has 0 aliphatic heterocycles. The van der Waals surface area contributed by atoms with Crippen molar-refractivity contribution in [2.75, 3.05) is 12.0 Å². The fraction of sp³-hybridized carbons (Fsp3) is 0.429. The molecule has 0 aromatic carbocycles. The number of sulfone groups is 1. The fourth-order valence-electron chi connectivity index (χ4n) is 0.906. The van der Waals surface area contributed by atoms with Gasteiger partial charge in [0.25, 0.3) is 0 Å². The summed E-state index contributed by atoms with van der Waals surface area (Å²) in [5, 5.41) is 11.6. The minimum Gasteiger partial charge on any atom is -0.386 e. The molecule has 1 atom stereocenters. The van der Waals surface area contributed by atoms with Gasteiger partial charge in [-0.3, -0.25) is 0 Å². The third kappa shape index (κ3) is 3.27. The Morgan fingerprint density at radius 3 is 2.69 bits per heavy atom. The van der Waals surface area contributed by atoms with Crippen LogP contribution in [-0.4, -0.2) is 25.5 Å². The Bertz CT molecular complexity index is 382. The van der Waals surface area contributed by atoms with Gasteiger partial charge in [0, 0.05) is 6.26 Å². The molecule has 74 valence electrons. The summed E-state index contributed by atoms with van der Waals surface area (Å²) in [7, 11) is -3.17. The number of aliphatic hydroxyl groups excluding tert-OH is 1. The predicted molar refractivity (Wildman–Crippen MR) is 54.0 cm³/mol. The van der Waals surface area contributed by atoms with Crippen molar-refractivity contribution in [1.82, 2.24) is 0 Å². The molecule has 0 aliphatic rings. The Kier molecular flexibility index (Phi) is 3.34. The topological polar surface area (TPSA) is 54.4 Å². The maximum atomic E-state index is 10.8. The van der Waals surface area contributed by atoms with Crippen molar-refractivity contribution in [3.8, 4) is 0 Å². The normalized spacial score (nSPS) is 14.4. The van der Waals surface area contributed by atoms with Gasteiger partial charge in [0.2, 0.25) is 0 Å². The molecule has 6 heteroatoms. The summed E-state index contributed by atoms with van der Waals surface area (Å²) in [4.78, 5) is 0.507. The molecule has 13 heavy (non-hydrogen) atoms. The standard InChI is InChI=1S/C7H9ClO3S2/c1-13(10,11)4-6(9)7-5(8)2-3-12-7/h2-3,6,9H,4H2,1H3. The van der Waals surface area contributed by atoms with E-state index in [-0.39, 0.29) is 5.75 Å². The van der Waals surface area contributed by atoms with E-state index in [1.54, 1.807) is 11.4 Å². The maximum Gasteiger partial charge on any atom is 0.150 e. The molecule has 1 rings (SSSR count). The first-order valence-electron chi connectivity index (χ1n) is 3.49. The molecule has 3 nitrogen and oxygen atoms in total. The predicted octanol–water partition coefficient (Wildman–Crippen LogP) is 1.48. The van der Waals surface area contributed by atoms with E-state index in [2.05, 4.69) is 0 Å². The molecule has 1 heterocycles. The van der Waals surface area contributed by atoms with Crippen molar-refractivity contribution in [1.29, 1.82) is 0 Å². The lowest BCUT2D eigenvalue weighted by Crippen LogP contribution is -2.11. The van der Waals surface area contributed by atoms with Gasteiger partial charge in [0.05, 0.1) is 15.7 Å². The molecule has 1 N–H and O–H groups in total. The van der Waals surface area contributed by atoms with Crippen LogP contribution in [0.4, 0.5) is 0 Å². The lowest BCUT2D eigenvalue weighted by Gasteiger charge is -2.06. The summed E-state index contributed by atoms with van der Waals surface area (Å²) < 4.78 is 21.7. The smallest absolute Gasteiger partial charge is 0.150 e. The van der Waals surface area contributed by atoms with Crippen LogP contribution in [0, 0.1) is 0 Å². The number of halogens is 1. The number of aliphatic hydroxyl groups is 1. The maximum absolute atomic E-state index is 10.8. The van der Waals surface area contributed by atoms with E-state index >= 15 is 0 Å². The molecule has 0 saturated carbocycles. The lowest BCUT2D eigenvalue weighted by molar-refractivity contribution is 0.206. The Morgan fingerprint density at radius 1 is 1.69 bits per heavy atom. The molecule has 0 saturated heterocycles. The van der Waals surface area contributed by atoms with E-state index in [4.69, 9.17) is 11.6 Å². The number of rotatable bonds is 3. The second kappa shape index (κ2) is 3.96. The molecule has 0 spiro atoms. The first-order valence-corrected chi connectivity index (χ1v) is 6.80. The van der Waals surface area contributed by atoms with Crippen molar-refractivity contribution in [3.05, 3.63) is 21.3 Å². The zero-order valence-electron chi connectivity index (χ0n) is 6.90. The lowest BCUT2D eigenvalue weighted by atomic mass is 10.3. The monoisotopic (exact) mass is 240 g/mol. The number of hydrogen-bond acceptors (Lipinski definition) is 4. The minimum absolute atomic E-state index is 0.284. The van der Waals surface area contributed by atoms with Crippen LogP contribution in [-0.2, 0) is 9.84 Å². The van der Waals surface area contributed by atoms with Gasteiger partial charge in [-0.1, -0.05) is 11.6 Å². The number of thiophene rings is 1. The van der Waals surface area contributed by atoms with E-state index in [0.29, 0.717) is 9.90 Å². The van der Waals surface area contributed by atoms with Gasteiger partial charge in [0.1, 0.15) is 15.9 Å². The van der Waals surface area contributed by atoms with Gasteiger partial charge in [-0.15, -0.1) is 11.3 Å². The van der Waals surface area contributed by atoms with Crippen molar-refractivity contribution in [2.24, 2.45) is 0 Å². The van der Waals surface area contributed by atoms with Crippen molar-refractivity contribution in [2.45, 2.75) is 6.10 Å². The summed E-state index contributed by atoms with van der Waals surface area (Å²) in [6.45, 7) is 0. The van der Waals surface area contributed by atoms with Gasteiger partial charge in [-0.2, -0.15) is 0 Å². The summed E-state index contributed by atoms with van der Waals surface area (Å²) in [6, 6.07) is 1.63. The molecule has 1 aromatic rings. The van der Waals surface area contributed by atoms with E-state index in [1.165, 1.54) is 11.3 Å². The molecule has 0 bridgehead atoms. The van der Waals surface area contributed by atoms with Gasteiger partial charge >= 0.3 is 0 Å². The highest BCUT2D eigenvalue weighted by atomic mass is 35.5. The highest BCUT2D eigenvalue weighted by molar-refractivity contribution is 7.90. The molecule has 1 unspecified atom stereocenters. The van der Waals surface area contributed by atoms with Crippen LogP contribution in [0.1, 0.15) is 11.0 Å². The Morgan fingerprint density at radius 2 is 2.31 bits per heavy atom. The van der Waals surface area contributed by atoms with Crippen LogP contribution < -0.4 is 0 Å². The fourth-order valence-corrected chi connectivity index (χ4v) is 2.92. The average Bonchev–Trinajstić information content (AvgIpc) is 2.30. The average molecular weight is 241 g/mol. The van der Waals surface area contributed by atoms with Gasteiger partial charge in [0.15, 0.2) is 0 Å². The van der Waals surface area contributed by atoms with Crippen molar-refractivity contribution >= 4 is 32.8 Å². The second-order valence-electron chi connectivity index (χ2n) is 2.74. The first kappa shape index (κ1) is 11.0. The zero-order valence-corrected chi connectivity index (χ0v) is 9.29. The molecule has 0 fully saturated rings. The third-order valence-corrected chi connectivity index (χ3v) is 3.79. The minimum atomic E-state index is -3.17. The van der Waals surface area contributed by atoms with Crippen LogP contribution in [0.5, 0.6) is 0 Å². The van der Waals surface area contributed by atoms with Crippen molar-refractivity contribution in [3.63, 3.8) is 0 Å². The van der Waals surface area contributed by atoms with Crippen molar-refractivity contribution < 1.29 is 13.5 Å². The summed E-state index contributed by atoms with van der Waals surface area (Å²) >= 11 is 6.97. The van der Waals surface area contributed by atoms with E-state index < -0.39 is 15.9 Å². The third-order valence-electron chi connectivity index (χ3n) is 1.41. The van der Waals surface area contributed by atoms with E-state index in [9.17, 15) is 13.5 Å². The first-order chi connectivity index (χ1) is 5.90. The van der Waals surface area contributed by atoms with Crippen LogP contribution in [0.15, 0.2) is 11.4 Å². The highest BCUT2D eigenvalue weighted by Gasteiger charge is 2.17. The van der Waals surface area contributed by atoms with Gasteiger partial charge in [-0.25, -0.2) is 8.42 Å². The summed E-state index contributed by atoms with van der Waals surface area (Å²) in [5.74, 6) is -0.284. The SMILES string of the molecule is CS(=O)(=O)CC(O)c1sccc1Cl. The molecule has 1 aromatic heterocycles. The van der Waals surface area contributed by atoms with Gasteiger partial charge in [-0.05, 0) is 11.4 Å². The Labute approximate surface area is 85.9 Å². The highest BCUT2D eigenvalue weighted by Crippen LogP contribution is 2.29. The second-order valence-corrected chi connectivity index (χ2v) is 6.28. The summed E-state index contributed by atoms with van der Waals surface area (Å²) in [6.07, 6.45) is 0.0695. The molecular weight excluding hydrogens is 232 g/mol. The Hall–Kier alpha value is -0.100. The quantitative estimate of drug-likeness (QED) is 0.871. The van der Waals surface area contributed by atoms with Crippen LogP contribution in [0.25, 0.3) is 0 Å². The molecule has 0 radical (unpaired) electrons. The number of hydrogen-bond donors (Lipinski definition) is 1. The Balaban J connectivity index is 2.81. The largest absolute Gasteiger partial charge is 0.386 e. The molecule has 0 amide bonds. The van der Waals surface area contributed by atoms with Crippen LogP contribution in [0.2, 0.25) is 5.02 Å². The van der Waals surface area contributed by atoms with Crippen LogP contribution >= 0.6 is 22.9 Å². The van der Waals surface area contributed by atoms with Gasteiger partial charge < -0.3 is 5.11 Å². The van der Waals surface area contributed by atoms with E-state index in [1.807, 2.05) is 0 Å². The zero-order chi connectivity index (χ0) is 10.1. The van der Waals surface area contributed by atoms with Crippen LogP contribution in [0.3, 0.4) is 0 Å². The van der Waals surface area contributed by atoms with E-state index in [0.717, 1.165) is 6.26 Å². The summed E-state index contributed by atoms with van der Waals surface area (Å²) in [5.41, 5.74) is 0. The molecule has 0 aliphatic carbocycles. The molecular formula is C7H9ClO3S2.